The lowest BCUT2D eigenvalue weighted by molar-refractivity contribution is -0.156. The van der Waals surface area contributed by atoms with E-state index in [-0.39, 0.29) is 6.42 Å². The van der Waals surface area contributed by atoms with Crippen LogP contribution in [0.5, 0.6) is 0 Å². The van der Waals surface area contributed by atoms with Gasteiger partial charge in [-0.2, -0.15) is 0 Å². The van der Waals surface area contributed by atoms with E-state index in [4.69, 9.17) is 16.7 Å². The summed E-state index contributed by atoms with van der Waals surface area (Å²) in [6.07, 6.45) is 0.111. The fraction of sp³-hybridized carbons (Fsp3) is 0.333. The molecule has 0 radical (unpaired) electrons. The average molecular weight is 249 g/mol. The first-order valence-electron chi connectivity index (χ1n) is 4.09. The standard InChI is InChI=1S/C9H9ClO4S/c1-14-9(13)6(8(11)12)4-5-2-3-7(10)15-5/h2-3,6H,4H2,1H3,(H,11,12). The van der Waals surface area contributed by atoms with Crippen LogP contribution >= 0.6 is 22.9 Å². The van der Waals surface area contributed by atoms with E-state index in [1.54, 1.807) is 12.1 Å². The van der Waals surface area contributed by atoms with Gasteiger partial charge in [-0.15, -0.1) is 11.3 Å². The van der Waals surface area contributed by atoms with Crippen LogP contribution in [0.2, 0.25) is 4.34 Å². The predicted molar refractivity (Wildman–Crippen MR) is 56.2 cm³/mol. The van der Waals surface area contributed by atoms with Gasteiger partial charge in [-0.25, -0.2) is 0 Å². The van der Waals surface area contributed by atoms with Crippen molar-refractivity contribution in [1.82, 2.24) is 0 Å². The second-order valence-electron chi connectivity index (χ2n) is 2.82. The number of carboxylic acid groups (broad SMARTS) is 1. The zero-order chi connectivity index (χ0) is 11.4. The molecule has 0 aliphatic carbocycles. The highest BCUT2D eigenvalue weighted by atomic mass is 35.5. The maximum Gasteiger partial charge on any atom is 0.320 e. The van der Waals surface area contributed by atoms with Crippen LogP contribution in [-0.4, -0.2) is 24.2 Å². The van der Waals surface area contributed by atoms with Crippen LogP contribution in [-0.2, 0) is 20.7 Å². The Bertz CT molecular complexity index is 374. The molecule has 1 atom stereocenters. The summed E-state index contributed by atoms with van der Waals surface area (Å²) in [7, 11) is 1.17. The number of halogens is 1. The number of aliphatic carboxylic acids is 1. The zero-order valence-electron chi connectivity index (χ0n) is 7.90. The minimum atomic E-state index is -1.19. The molecule has 0 bridgehead atoms. The van der Waals surface area contributed by atoms with E-state index >= 15 is 0 Å². The molecule has 15 heavy (non-hydrogen) atoms. The number of carboxylic acids is 1. The van der Waals surface area contributed by atoms with Gasteiger partial charge in [0.2, 0.25) is 0 Å². The number of carbonyl (C=O) groups excluding carboxylic acids is 1. The van der Waals surface area contributed by atoms with Crippen molar-refractivity contribution < 1.29 is 19.4 Å². The van der Waals surface area contributed by atoms with Crippen LogP contribution in [0, 0.1) is 5.92 Å². The summed E-state index contributed by atoms with van der Waals surface area (Å²) in [6.45, 7) is 0. The van der Waals surface area contributed by atoms with Crippen molar-refractivity contribution in [2.24, 2.45) is 5.92 Å². The fourth-order valence-electron chi connectivity index (χ4n) is 1.08. The Balaban J connectivity index is 2.75. The fourth-order valence-corrected chi connectivity index (χ4v) is 2.21. The van der Waals surface area contributed by atoms with Gasteiger partial charge in [0.15, 0.2) is 5.92 Å². The molecule has 1 rings (SSSR count). The summed E-state index contributed by atoms with van der Waals surface area (Å²) in [5.41, 5.74) is 0. The van der Waals surface area contributed by atoms with Gasteiger partial charge in [-0.05, 0) is 12.1 Å². The summed E-state index contributed by atoms with van der Waals surface area (Å²) >= 11 is 6.95. The molecule has 0 saturated carbocycles. The van der Waals surface area contributed by atoms with Gasteiger partial charge in [0.05, 0.1) is 11.4 Å². The van der Waals surface area contributed by atoms with Crippen molar-refractivity contribution in [1.29, 1.82) is 0 Å². The second kappa shape index (κ2) is 5.14. The maximum absolute atomic E-state index is 11.1. The van der Waals surface area contributed by atoms with E-state index in [0.717, 1.165) is 4.88 Å². The Hall–Kier alpha value is -1.07. The normalized spacial score (nSPS) is 12.1. The molecule has 1 N–H and O–H groups in total. The molecule has 0 amide bonds. The van der Waals surface area contributed by atoms with E-state index in [1.807, 2.05) is 0 Å². The SMILES string of the molecule is COC(=O)C(Cc1ccc(Cl)s1)C(=O)O. The lowest BCUT2D eigenvalue weighted by Gasteiger charge is -2.07. The highest BCUT2D eigenvalue weighted by Gasteiger charge is 2.27. The van der Waals surface area contributed by atoms with Crippen LogP contribution in [0.4, 0.5) is 0 Å². The predicted octanol–water partition coefficient (Wildman–Crippen LogP) is 1.82. The summed E-state index contributed by atoms with van der Waals surface area (Å²) in [5, 5.41) is 8.81. The molecular formula is C9H9ClO4S. The van der Waals surface area contributed by atoms with Gasteiger partial charge in [0, 0.05) is 11.3 Å². The minimum absolute atomic E-state index is 0.111. The summed E-state index contributed by atoms with van der Waals surface area (Å²) in [4.78, 5) is 22.7. The monoisotopic (exact) mass is 248 g/mol. The number of carbonyl (C=O) groups is 2. The third-order valence-electron chi connectivity index (χ3n) is 1.82. The summed E-state index contributed by atoms with van der Waals surface area (Å²) < 4.78 is 4.97. The Kier molecular flexibility index (Phi) is 4.11. The van der Waals surface area contributed by atoms with Crippen molar-refractivity contribution in [3.05, 3.63) is 21.3 Å². The maximum atomic E-state index is 11.1. The van der Waals surface area contributed by atoms with E-state index in [2.05, 4.69) is 4.74 Å². The summed E-state index contributed by atoms with van der Waals surface area (Å²) in [6, 6.07) is 3.36. The smallest absolute Gasteiger partial charge is 0.320 e. The number of hydrogen-bond donors (Lipinski definition) is 1. The molecule has 6 heteroatoms. The molecule has 1 heterocycles. The molecule has 1 aromatic heterocycles. The van der Waals surface area contributed by atoms with E-state index < -0.39 is 17.9 Å². The van der Waals surface area contributed by atoms with Gasteiger partial charge < -0.3 is 9.84 Å². The topological polar surface area (TPSA) is 63.6 Å². The Morgan fingerprint density at radius 2 is 2.27 bits per heavy atom. The van der Waals surface area contributed by atoms with Crippen molar-refractivity contribution in [2.45, 2.75) is 6.42 Å². The van der Waals surface area contributed by atoms with E-state index in [1.165, 1.54) is 18.4 Å². The van der Waals surface area contributed by atoms with Crippen molar-refractivity contribution >= 4 is 34.9 Å². The van der Waals surface area contributed by atoms with Crippen LogP contribution in [0.25, 0.3) is 0 Å². The first-order valence-corrected chi connectivity index (χ1v) is 5.29. The molecule has 0 aromatic carbocycles. The van der Waals surface area contributed by atoms with Crippen molar-refractivity contribution in [2.75, 3.05) is 7.11 Å². The molecule has 82 valence electrons. The first-order chi connectivity index (χ1) is 7.04. The molecule has 0 aliphatic rings. The van der Waals surface area contributed by atoms with Crippen LogP contribution in [0.15, 0.2) is 12.1 Å². The molecule has 0 saturated heterocycles. The van der Waals surface area contributed by atoms with Crippen molar-refractivity contribution in [3.63, 3.8) is 0 Å². The largest absolute Gasteiger partial charge is 0.481 e. The number of thiophene rings is 1. The Labute approximate surface area is 95.4 Å². The summed E-state index contributed by atoms with van der Waals surface area (Å²) in [5.74, 6) is -3.09. The number of hydrogen-bond acceptors (Lipinski definition) is 4. The number of ether oxygens (including phenoxy) is 1. The Morgan fingerprint density at radius 1 is 1.60 bits per heavy atom. The first kappa shape index (κ1) is 12.0. The second-order valence-corrected chi connectivity index (χ2v) is 4.62. The third kappa shape index (κ3) is 3.21. The highest BCUT2D eigenvalue weighted by molar-refractivity contribution is 7.16. The van der Waals surface area contributed by atoms with Gasteiger partial charge in [-0.3, -0.25) is 9.59 Å². The van der Waals surface area contributed by atoms with Gasteiger partial charge in [0.25, 0.3) is 0 Å². The lowest BCUT2D eigenvalue weighted by Crippen LogP contribution is -2.26. The van der Waals surface area contributed by atoms with Crippen LogP contribution in [0.3, 0.4) is 0 Å². The molecule has 0 aliphatic heterocycles. The molecule has 1 unspecified atom stereocenters. The number of rotatable bonds is 4. The Morgan fingerprint density at radius 3 is 2.67 bits per heavy atom. The molecule has 4 nitrogen and oxygen atoms in total. The van der Waals surface area contributed by atoms with E-state index in [9.17, 15) is 9.59 Å². The highest BCUT2D eigenvalue weighted by Crippen LogP contribution is 2.24. The quantitative estimate of drug-likeness (QED) is 0.652. The molecule has 1 aromatic rings. The number of methoxy groups -OCH3 is 1. The lowest BCUT2D eigenvalue weighted by atomic mass is 10.1. The van der Waals surface area contributed by atoms with Gasteiger partial charge >= 0.3 is 11.9 Å². The van der Waals surface area contributed by atoms with Crippen LogP contribution in [0.1, 0.15) is 4.88 Å². The number of esters is 1. The van der Waals surface area contributed by atoms with Crippen molar-refractivity contribution in [3.8, 4) is 0 Å². The van der Waals surface area contributed by atoms with E-state index in [0.29, 0.717) is 4.34 Å². The molecule has 0 fully saturated rings. The zero-order valence-corrected chi connectivity index (χ0v) is 9.47. The average Bonchev–Trinajstić information content (AvgIpc) is 2.59. The molecular weight excluding hydrogens is 240 g/mol. The minimum Gasteiger partial charge on any atom is -0.481 e. The third-order valence-corrected chi connectivity index (χ3v) is 3.07. The van der Waals surface area contributed by atoms with Crippen LogP contribution < -0.4 is 0 Å². The van der Waals surface area contributed by atoms with Gasteiger partial charge in [0.1, 0.15) is 0 Å². The molecule has 0 spiro atoms. The van der Waals surface area contributed by atoms with Gasteiger partial charge in [-0.1, -0.05) is 11.6 Å².